The van der Waals surface area contributed by atoms with Gasteiger partial charge in [-0.15, -0.1) is 0 Å². The van der Waals surface area contributed by atoms with Gasteiger partial charge in [0.05, 0.1) is 24.8 Å². The summed E-state index contributed by atoms with van der Waals surface area (Å²) in [5.74, 6) is -4.79. The minimum atomic E-state index is -4.47. The Kier molecular flexibility index (Phi) is 18.8. The van der Waals surface area contributed by atoms with Crippen molar-refractivity contribution in [2.45, 2.75) is 77.5 Å². The van der Waals surface area contributed by atoms with E-state index < -0.39 is 94.8 Å². The maximum Gasteiger partial charge on any atom is 0.416 e. The number of amides is 6. The summed E-state index contributed by atoms with van der Waals surface area (Å²) in [4.78, 5) is 80.5. The zero-order chi connectivity index (χ0) is 53.7. The van der Waals surface area contributed by atoms with E-state index in [-0.39, 0.29) is 57.5 Å². The number of alkyl halides is 3. The van der Waals surface area contributed by atoms with Crippen LogP contribution in [0.3, 0.4) is 0 Å². The van der Waals surface area contributed by atoms with Crippen molar-refractivity contribution in [1.82, 2.24) is 31.5 Å². The van der Waals surface area contributed by atoms with Gasteiger partial charge in [0.1, 0.15) is 54.1 Å². The molecule has 1 saturated heterocycles. The number of halogens is 5. The van der Waals surface area contributed by atoms with E-state index in [0.717, 1.165) is 41.5 Å². The van der Waals surface area contributed by atoms with Crippen LogP contribution in [0.5, 0.6) is 11.5 Å². The molecular formula is C53H58F5N7O9. The molecule has 394 valence electrons. The molecule has 0 aliphatic carbocycles. The molecule has 74 heavy (non-hydrogen) atoms. The Balaban J connectivity index is 0.921. The largest absolute Gasteiger partial charge is 0.457 e. The first-order chi connectivity index (χ1) is 35.1. The van der Waals surface area contributed by atoms with E-state index in [4.69, 9.17) is 14.2 Å². The Hall–Kier alpha value is -7.49. The molecule has 1 fully saturated rings. The number of nitrogens with zero attached hydrogens (tertiary/aromatic N) is 1. The molecule has 1 heterocycles. The number of carbonyl (C=O) groups is 6. The molecule has 16 nitrogen and oxygen atoms in total. The van der Waals surface area contributed by atoms with Crippen LogP contribution in [0, 0.1) is 17.0 Å². The lowest BCUT2D eigenvalue weighted by molar-refractivity contribution is -0.143. The summed E-state index contributed by atoms with van der Waals surface area (Å²) >= 11 is 0. The standard InChI is InChI=1S/C53H58F5N7O9/c1-31(59-5)48(68)64-47(52(2,3)4)51(71)65-28-37(25-42(65)50(70)63-46-40(54)12-8-13-41(46)55)62-45(67)30-73-22-21-72-29-44(66)60-26-32-9-6-10-33(23-32)27-61-49(69)35-15-20-39-34(24-35)11-7-14-43(39)74-38-18-16-36(17-19-38)53(56,57)58/h6-20,23-24,31,37,42,47,59H,21-22,25-30H2,1-5H3,(H,60,66)(H,61,69)(H,62,67)(H,63,70)(H,64,68)/t31-,37-,42-,47+/m0/s1. The van der Waals surface area contributed by atoms with Crippen molar-refractivity contribution >= 4 is 51.9 Å². The maximum atomic E-state index is 14.5. The number of nitrogens with one attached hydrogen (secondary N) is 6. The molecule has 0 spiro atoms. The van der Waals surface area contributed by atoms with Crippen LogP contribution in [0.4, 0.5) is 27.6 Å². The minimum absolute atomic E-state index is 0.0442. The molecule has 0 saturated carbocycles. The SMILES string of the molecule is CN[C@@H](C)C(=O)N[C@H](C(=O)N1C[C@@H](NC(=O)COCCOCC(=O)NCc2cccc(CNC(=O)c3ccc4c(Oc5ccc(C(F)(F)F)cc5)cccc4c3)c2)C[C@H]1C(=O)Nc1c(F)cccc1F)C(C)(C)C. The van der Waals surface area contributed by atoms with Crippen LogP contribution in [0.2, 0.25) is 0 Å². The molecule has 6 rings (SSSR count). The normalized spacial score (nSPS) is 15.5. The number of likely N-dealkylation sites (N-methyl/N-ethyl adjacent to an activating group) is 1. The van der Waals surface area contributed by atoms with E-state index in [1.807, 2.05) is 12.1 Å². The number of ether oxygens (including phenoxy) is 3. The second kappa shape index (κ2) is 25.0. The van der Waals surface area contributed by atoms with Gasteiger partial charge in [0.25, 0.3) is 5.91 Å². The van der Waals surface area contributed by atoms with Gasteiger partial charge in [0, 0.05) is 36.6 Å². The van der Waals surface area contributed by atoms with E-state index in [0.29, 0.717) is 22.1 Å². The summed E-state index contributed by atoms with van der Waals surface area (Å²) in [6, 6.07) is 21.0. The van der Waals surface area contributed by atoms with Gasteiger partial charge < -0.3 is 51.0 Å². The van der Waals surface area contributed by atoms with E-state index in [1.54, 1.807) is 83.3 Å². The minimum Gasteiger partial charge on any atom is -0.457 e. The molecule has 1 aliphatic heterocycles. The van der Waals surface area contributed by atoms with Crippen molar-refractivity contribution < 1.29 is 64.9 Å². The average molecular weight is 1030 g/mol. The molecule has 5 aromatic carbocycles. The van der Waals surface area contributed by atoms with E-state index in [9.17, 15) is 50.7 Å². The predicted octanol–water partition coefficient (Wildman–Crippen LogP) is 6.37. The molecule has 4 atom stereocenters. The van der Waals surface area contributed by atoms with Gasteiger partial charge in [-0.05, 0) is 103 Å². The first-order valence-electron chi connectivity index (χ1n) is 23.6. The maximum absolute atomic E-state index is 14.5. The highest BCUT2D eigenvalue weighted by molar-refractivity contribution is 6.01. The van der Waals surface area contributed by atoms with Gasteiger partial charge in [-0.3, -0.25) is 28.8 Å². The fraction of sp³-hybridized carbons (Fsp3) is 0.358. The van der Waals surface area contributed by atoms with Crippen LogP contribution >= 0.6 is 0 Å². The van der Waals surface area contributed by atoms with Crippen molar-refractivity contribution in [3.63, 3.8) is 0 Å². The Morgan fingerprint density at radius 1 is 0.757 bits per heavy atom. The number of benzene rings is 5. The molecule has 0 radical (unpaired) electrons. The lowest BCUT2D eigenvalue weighted by Crippen LogP contribution is -2.59. The van der Waals surface area contributed by atoms with Gasteiger partial charge in [-0.25, -0.2) is 8.78 Å². The van der Waals surface area contributed by atoms with Crippen LogP contribution in [0.15, 0.2) is 103 Å². The topological polar surface area (TPSA) is 206 Å². The fourth-order valence-corrected chi connectivity index (χ4v) is 7.89. The predicted molar refractivity (Wildman–Crippen MR) is 264 cm³/mol. The second-order valence-electron chi connectivity index (χ2n) is 18.6. The average Bonchev–Trinajstić information content (AvgIpc) is 3.79. The number of likely N-dealkylation sites (tertiary alicyclic amines) is 1. The number of hydrogen-bond donors (Lipinski definition) is 6. The molecule has 21 heteroatoms. The molecule has 1 aliphatic rings. The van der Waals surface area contributed by atoms with Crippen molar-refractivity contribution in [2.24, 2.45) is 5.41 Å². The Morgan fingerprint density at radius 2 is 1.38 bits per heavy atom. The van der Waals surface area contributed by atoms with Crippen LogP contribution in [-0.4, -0.2) is 105 Å². The molecule has 5 aromatic rings. The van der Waals surface area contributed by atoms with Crippen molar-refractivity contribution in [3.05, 3.63) is 137 Å². The lowest BCUT2D eigenvalue weighted by atomic mass is 9.85. The molecule has 6 N–H and O–H groups in total. The molecular weight excluding hydrogens is 974 g/mol. The summed E-state index contributed by atoms with van der Waals surface area (Å²) in [6.45, 7) is 6.11. The van der Waals surface area contributed by atoms with Crippen molar-refractivity contribution in [1.29, 1.82) is 0 Å². The van der Waals surface area contributed by atoms with Gasteiger partial charge >= 0.3 is 6.18 Å². The van der Waals surface area contributed by atoms with Crippen molar-refractivity contribution in [3.8, 4) is 11.5 Å². The Labute approximate surface area is 424 Å². The third-order valence-corrected chi connectivity index (χ3v) is 12.0. The highest BCUT2D eigenvalue weighted by Gasteiger charge is 2.46. The van der Waals surface area contributed by atoms with Gasteiger partial charge in [-0.1, -0.05) is 63.2 Å². The Morgan fingerprint density at radius 3 is 2.01 bits per heavy atom. The molecule has 0 bridgehead atoms. The summed E-state index contributed by atoms with van der Waals surface area (Å²) in [5, 5.41) is 17.5. The van der Waals surface area contributed by atoms with Crippen LogP contribution < -0.4 is 36.6 Å². The summed E-state index contributed by atoms with van der Waals surface area (Å²) in [7, 11) is 1.58. The van der Waals surface area contributed by atoms with Gasteiger partial charge in [0.2, 0.25) is 29.5 Å². The number of fused-ring (bicyclic) bond motifs is 1. The van der Waals surface area contributed by atoms with Crippen molar-refractivity contribution in [2.75, 3.05) is 45.3 Å². The highest BCUT2D eigenvalue weighted by Crippen LogP contribution is 2.34. The third kappa shape index (κ3) is 15.3. The first kappa shape index (κ1) is 55.8. The molecule has 0 aromatic heterocycles. The smallest absolute Gasteiger partial charge is 0.416 e. The number of hydrogen-bond acceptors (Lipinski definition) is 10. The van der Waals surface area contributed by atoms with Crippen LogP contribution in [0.25, 0.3) is 10.8 Å². The third-order valence-electron chi connectivity index (χ3n) is 12.0. The second-order valence-corrected chi connectivity index (χ2v) is 18.6. The summed E-state index contributed by atoms with van der Waals surface area (Å²) in [5.41, 5.74) is -0.422. The quantitative estimate of drug-likeness (QED) is 0.0354. The Bertz CT molecular complexity index is 2810. The number of carbonyl (C=O) groups excluding carboxylic acids is 6. The van der Waals surface area contributed by atoms with E-state index >= 15 is 0 Å². The van der Waals surface area contributed by atoms with E-state index in [2.05, 4.69) is 31.9 Å². The lowest BCUT2D eigenvalue weighted by Gasteiger charge is -2.36. The first-order valence-corrected chi connectivity index (χ1v) is 23.6. The fourth-order valence-electron chi connectivity index (χ4n) is 7.89. The molecule has 6 amide bonds. The van der Waals surface area contributed by atoms with Gasteiger partial charge in [-0.2, -0.15) is 13.2 Å². The van der Waals surface area contributed by atoms with Gasteiger partial charge in [0.15, 0.2) is 0 Å². The summed E-state index contributed by atoms with van der Waals surface area (Å²) in [6.07, 6.45) is -4.59. The summed E-state index contributed by atoms with van der Waals surface area (Å²) < 4.78 is 84.8. The van der Waals surface area contributed by atoms with E-state index in [1.165, 1.54) is 17.0 Å². The number of rotatable bonds is 21. The number of para-hydroxylation sites is 1. The van der Waals surface area contributed by atoms with Crippen LogP contribution in [-0.2, 0) is 52.7 Å². The molecule has 0 unspecified atom stereocenters. The zero-order valence-electron chi connectivity index (χ0n) is 41.3. The number of anilines is 1. The zero-order valence-corrected chi connectivity index (χ0v) is 41.3. The highest BCUT2D eigenvalue weighted by atomic mass is 19.4. The monoisotopic (exact) mass is 1030 g/mol. The van der Waals surface area contributed by atoms with Crippen LogP contribution in [0.1, 0.15) is 61.2 Å².